The van der Waals surface area contributed by atoms with Gasteiger partial charge in [0, 0.05) is 24.1 Å². The molecule has 0 unspecified atom stereocenters. The van der Waals surface area contributed by atoms with Crippen LogP contribution in [0.4, 0.5) is 0 Å². The first-order chi connectivity index (χ1) is 29.1. The fraction of sp³-hybridized carbons (Fsp3) is 0.115. The molecule has 0 amide bonds. The lowest BCUT2D eigenvalue weighted by Gasteiger charge is -2.36. The van der Waals surface area contributed by atoms with Crippen molar-refractivity contribution in [2.45, 2.75) is 38.5 Å². The van der Waals surface area contributed by atoms with E-state index in [9.17, 15) is 5.11 Å². The third kappa shape index (κ3) is 6.75. The maximum atomic E-state index is 10.9. The smallest absolute Gasteiger partial charge is 0.184 e. The van der Waals surface area contributed by atoms with Gasteiger partial charge in [-0.1, -0.05) is 195 Å². The fourth-order valence-corrected chi connectivity index (χ4v) is 8.54. The summed E-state index contributed by atoms with van der Waals surface area (Å²) in [6, 6.07) is 62.9. The Balaban J connectivity index is 1.10. The molecule has 1 N–H and O–H groups in total. The van der Waals surface area contributed by atoms with Crippen molar-refractivity contribution in [2.24, 2.45) is 0 Å². The van der Waals surface area contributed by atoms with Crippen molar-refractivity contribution in [1.29, 1.82) is 0 Å². The molecule has 7 aromatic carbocycles. The molecule has 7 nitrogen and oxygen atoms in total. The lowest BCUT2D eigenvalue weighted by molar-refractivity contribution is 0.270. The largest absolute Gasteiger partial charge is 0.390 e. The minimum absolute atomic E-state index is 0.146. The van der Waals surface area contributed by atoms with Gasteiger partial charge < -0.3 is 9.67 Å². The Morgan fingerprint density at radius 1 is 0.644 bits per heavy atom. The van der Waals surface area contributed by atoms with Gasteiger partial charge >= 0.3 is 0 Å². The second-order valence-electron chi connectivity index (χ2n) is 14.8. The minimum atomic E-state index is -0.872. The molecule has 2 aromatic heterocycles. The van der Waals surface area contributed by atoms with Gasteiger partial charge in [0.15, 0.2) is 5.82 Å². The quantitative estimate of drug-likeness (QED) is 0.118. The van der Waals surface area contributed by atoms with E-state index in [4.69, 9.17) is 15.3 Å². The summed E-state index contributed by atoms with van der Waals surface area (Å²) in [5.41, 5.74) is 9.66. The molecule has 0 aliphatic rings. The molecule has 59 heavy (non-hydrogen) atoms. The first-order valence-corrected chi connectivity index (χ1v) is 20.1. The molecule has 0 bridgehead atoms. The van der Waals surface area contributed by atoms with Crippen LogP contribution in [0, 0.1) is 0 Å². The van der Waals surface area contributed by atoms with Crippen LogP contribution < -0.4 is 0 Å². The zero-order chi connectivity index (χ0) is 40.2. The molecule has 9 rings (SSSR count). The van der Waals surface area contributed by atoms with Crippen molar-refractivity contribution in [3.63, 3.8) is 0 Å². The Hall–Kier alpha value is -7.22. The van der Waals surface area contributed by atoms with Gasteiger partial charge in [-0.15, -0.1) is 5.10 Å². The molecule has 0 aliphatic carbocycles. The lowest BCUT2D eigenvalue weighted by Crippen LogP contribution is -2.39. The number of benzene rings is 7. The zero-order valence-corrected chi connectivity index (χ0v) is 33.0. The van der Waals surface area contributed by atoms with Crippen LogP contribution in [0.3, 0.4) is 0 Å². The molecule has 0 saturated heterocycles. The van der Waals surface area contributed by atoms with Gasteiger partial charge in [0.25, 0.3) is 0 Å². The molecule has 0 radical (unpaired) electrons. The van der Waals surface area contributed by atoms with E-state index in [1.54, 1.807) is 0 Å². The molecule has 0 aliphatic heterocycles. The SMILES string of the molecule is C=C(c1nc(CCC)n(Cc2ccc(-c3ccccc3-c3nnnn3C(c3ccccc3)(c3ccccc3)c3ccccc3)cc2)c1CO)c1cccc2ccccc12. The molecule has 0 fully saturated rings. The highest BCUT2D eigenvalue weighted by atomic mass is 16.3. The van der Waals surface area contributed by atoms with E-state index in [2.05, 4.69) is 169 Å². The van der Waals surface area contributed by atoms with E-state index in [0.717, 1.165) is 90.9 Å². The first kappa shape index (κ1) is 37.4. The van der Waals surface area contributed by atoms with E-state index in [1.165, 1.54) is 0 Å². The molecule has 288 valence electrons. The number of rotatable bonds is 13. The van der Waals surface area contributed by atoms with Crippen LogP contribution in [0.15, 0.2) is 189 Å². The molecule has 9 aromatic rings. The van der Waals surface area contributed by atoms with E-state index in [0.29, 0.717) is 12.4 Å². The van der Waals surface area contributed by atoms with Gasteiger partial charge in [0.05, 0.1) is 18.0 Å². The Morgan fingerprint density at radius 3 is 1.85 bits per heavy atom. The van der Waals surface area contributed by atoms with Crippen LogP contribution in [-0.2, 0) is 25.1 Å². The van der Waals surface area contributed by atoms with E-state index >= 15 is 0 Å². The van der Waals surface area contributed by atoms with Crippen molar-refractivity contribution in [3.05, 3.63) is 234 Å². The second-order valence-corrected chi connectivity index (χ2v) is 14.8. The van der Waals surface area contributed by atoms with Gasteiger partial charge in [0.2, 0.25) is 0 Å². The number of aliphatic hydroxyl groups excluding tert-OH is 1. The number of aromatic nitrogens is 6. The highest BCUT2D eigenvalue weighted by Crippen LogP contribution is 2.43. The van der Waals surface area contributed by atoms with Gasteiger partial charge in [-0.25, -0.2) is 9.67 Å². The summed E-state index contributed by atoms with van der Waals surface area (Å²) in [5, 5.41) is 27.0. The van der Waals surface area contributed by atoms with Crippen molar-refractivity contribution in [3.8, 4) is 22.5 Å². The monoisotopic (exact) mass is 768 g/mol. The number of nitrogens with zero attached hydrogens (tertiary/aromatic N) is 6. The number of hydrogen-bond acceptors (Lipinski definition) is 5. The van der Waals surface area contributed by atoms with Gasteiger partial charge in [-0.3, -0.25) is 0 Å². The highest BCUT2D eigenvalue weighted by Gasteiger charge is 2.42. The molecular formula is C52H44N6O. The van der Waals surface area contributed by atoms with Crippen molar-refractivity contribution < 1.29 is 5.11 Å². The molecule has 0 saturated carbocycles. The van der Waals surface area contributed by atoms with Crippen LogP contribution in [0.2, 0.25) is 0 Å². The van der Waals surface area contributed by atoms with Crippen molar-refractivity contribution in [2.75, 3.05) is 0 Å². The Kier molecular flexibility index (Phi) is 10.3. The third-order valence-corrected chi connectivity index (χ3v) is 11.3. The second kappa shape index (κ2) is 16.3. The van der Waals surface area contributed by atoms with Crippen LogP contribution >= 0.6 is 0 Å². The summed E-state index contributed by atoms with van der Waals surface area (Å²) >= 11 is 0. The number of fused-ring (bicyclic) bond motifs is 1. The first-order valence-electron chi connectivity index (χ1n) is 20.1. The molecule has 7 heteroatoms. The van der Waals surface area contributed by atoms with Crippen molar-refractivity contribution in [1.82, 2.24) is 29.8 Å². The topological polar surface area (TPSA) is 81.7 Å². The summed E-state index contributed by atoms with van der Waals surface area (Å²) in [5.74, 6) is 1.59. The normalized spacial score (nSPS) is 11.6. The van der Waals surface area contributed by atoms with Gasteiger partial charge in [-0.05, 0) is 66.6 Å². The summed E-state index contributed by atoms with van der Waals surface area (Å²) in [4.78, 5) is 5.13. The summed E-state index contributed by atoms with van der Waals surface area (Å²) in [6.45, 7) is 7.09. The zero-order valence-electron chi connectivity index (χ0n) is 33.0. The van der Waals surface area contributed by atoms with Crippen LogP contribution in [0.5, 0.6) is 0 Å². The number of hydrogen-bond donors (Lipinski definition) is 1. The number of aliphatic hydroxyl groups is 1. The fourth-order valence-electron chi connectivity index (χ4n) is 8.54. The van der Waals surface area contributed by atoms with Crippen LogP contribution in [0.1, 0.15) is 58.4 Å². The summed E-state index contributed by atoms with van der Waals surface area (Å²) in [6.07, 6.45) is 1.71. The number of tetrazole rings is 1. The molecular weight excluding hydrogens is 725 g/mol. The predicted octanol–water partition coefficient (Wildman–Crippen LogP) is 10.8. The minimum Gasteiger partial charge on any atom is -0.390 e. The van der Waals surface area contributed by atoms with E-state index in [-0.39, 0.29) is 6.61 Å². The Morgan fingerprint density at radius 2 is 1.22 bits per heavy atom. The molecule has 2 heterocycles. The number of aryl methyl sites for hydroxylation is 1. The van der Waals surface area contributed by atoms with Crippen LogP contribution in [-0.4, -0.2) is 34.9 Å². The van der Waals surface area contributed by atoms with Crippen molar-refractivity contribution >= 4 is 16.3 Å². The van der Waals surface area contributed by atoms with Gasteiger partial charge in [0.1, 0.15) is 11.4 Å². The third-order valence-electron chi connectivity index (χ3n) is 11.3. The average molecular weight is 769 g/mol. The molecule has 0 spiro atoms. The maximum absolute atomic E-state index is 10.9. The number of imidazole rings is 1. The van der Waals surface area contributed by atoms with E-state index in [1.807, 2.05) is 41.1 Å². The average Bonchev–Trinajstić information content (AvgIpc) is 3.93. The Bertz CT molecular complexity index is 2760. The maximum Gasteiger partial charge on any atom is 0.184 e. The standard InChI is InChI=1S/C52H44N6O/c1-3-18-49-53-50(37(2)44-30-17-20-39-19-13-14-27-45(39)44)48(36-59)57(49)35-38-31-33-40(34-32-38)46-28-15-16-29-47(46)51-54-55-56-58(51)52(41-21-7-4-8-22-41,42-23-9-5-10-24-42)43-25-11-6-12-26-43/h4-17,19-34,59H,2-3,18,35-36H2,1H3. The highest BCUT2D eigenvalue weighted by molar-refractivity contribution is 5.97. The lowest BCUT2D eigenvalue weighted by atomic mass is 9.77. The summed E-state index contributed by atoms with van der Waals surface area (Å²) < 4.78 is 4.15. The Labute approximate surface area is 344 Å². The van der Waals surface area contributed by atoms with E-state index < -0.39 is 5.54 Å². The summed E-state index contributed by atoms with van der Waals surface area (Å²) in [7, 11) is 0. The predicted molar refractivity (Wildman–Crippen MR) is 237 cm³/mol. The molecule has 0 atom stereocenters. The van der Waals surface area contributed by atoms with Crippen LogP contribution in [0.25, 0.3) is 38.9 Å². The van der Waals surface area contributed by atoms with Gasteiger partial charge in [-0.2, -0.15) is 0 Å².